The van der Waals surface area contributed by atoms with Crippen LogP contribution in [0, 0.1) is 0 Å². The normalized spacial score (nSPS) is 9.94. The third-order valence-corrected chi connectivity index (χ3v) is 2.84. The summed E-state index contributed by atoms with van der Waals surface area (Å²) < 4.78 is 10.1. The zero-order valence-corrected chi connectivity index (χ0v) is 12.0. The van der Waals surface area contributed by atoms with E-state index in [0.717, 1.165) is 11.8 Å². The number of carbonyl (C=O) groups excluding carboxylic acids is 2. The van der Waals surface area contributed by atoms with E-state index in [0.29, 0.717) is 23.5 Å². The number of esters is 1. The molecule has 1 aromatic carbocycles. The topological polar surface area (TPSA) is 52.6 Å². The van der Waals surface area contributed by atoms with Crippen molar-refractivity contribution in [2.45, 2.75) is 13.3 Å². The van der Waals surface area contributed by atoms with Crippen LogP contribution in [-0.2, 0) is 4.74 Å². The fourth-order valence-corrected chi connectivity index (χ4v) is 1.59. The number of carbonyl (C=O) groups is 2. The van der Waals surface area contributed by atoms with Crippen LogP contribution in [0.4, 0.5) is 0 Å². The fraction of sp³-hybridized carbons (Fsp3) is 0.385. The number of alkyl halides is 1. The Labute approximate surface area is 114 Å². The van der Waals surface area contributed by atoms with Crippen LogP contribution in [0.2, 0.25) is 0 Å². The Morgan fingerprint density at radius 1 is 1.22 bits per heavy atom. The van der Waals surface area contributed by atoms with Crippen molar-refractivity contribution in [3.05, 3.63) is 29.3 Å². The molecule has 0 spiro atoms. The van der Waals surface area contributed by atoms with Crippen LogP contribution in [-0.4, -0.2) is 30.8 Å². The van der Waals surface area contributed by atoms with Crippen LogP contribution in [0.25, 0.3) is 0 Å². The van der Waals surface area contributed by atoms with Gasteiger partial charge in [0.15, 0.2) is 5.78 Å². The second-order valence-corrected chi connectivity index (χ2v) is 4.48. The van der Waals surface area contributed by atoms with Crippen molar-refractivity contribution in [3.63, 3.8) is 0 Å². The molecular formula is C13H15BrO4. The van der Waals surface area contributed by atoms with Gasteiger partial charge in [0.25, 0.3) is 0 Å². The monoisotopic (exact) mass is 314 g/mol. The summed E-state index contributed by atoms with van der Waals surface area (Å²) in [5.41, 5.74) is 0.755. The molecule has 0 N–H and O–H groups in total. The SMILES string of the molecule is COC(=O)c1cc(OCCCBr)cc(C(C)=O)c1. The van der Waals surface area contributed by atoms with E-state index >= 15 is 0 Å². The van der Waals surface area contributed by atoms with Crippen molar-refractivity contribution in [2.75, 3.05) is 19.0 Å². The molecule has 4 nitrogen and oxygen atoms in total. The summed E-state index contributed by atoms with van der Waals surface area (Å²) in [6.07, 6.45) is 0.845. The van der Waals surface area contributed by atoms with Crippen molar-refractivity contribution < 1.29 is 19.1 Å². The molecule has 1 aromatic rings. The predicted octanol–water partition coefficient (Wildman–Crippen LogP) is 2.84. The average molecular weight is 315 g/mol. The molecule has 0 aliphatic rings. The van der Waals surface area contributed by atoms with E-state index in [1.165, 1.54) is 20.1 Å². The molecule has 0 unspecified atom stereocenters. The van der Waals surface area contributed by atoms with Crippen LogP contribution in [0.3, 0.4) is 0 Å². The first-order valence-electron chi connectivity index (χ1n) is 5.51. The van der Waals surface area contributed by atoms with Crippen molar-refractivity contribution in [1.29, 1.82) is 0 Å². The van der Waals surface area contributed by atoms with Crippen molar-refractivity contribution in [3.8, 4) is 5.75 Å². The van der Waals surface area contributed by atoms with Crippen LogP contribution in [0.15, 0.2) is 18.2 Å². The van der Waals surface area contributed by atoms with E-state index in [2.05, 4.69) is 20.7 Å². The largest absolute Gasteiger partial charge is 0.494 e. The lowest BCUT2D eigenvalue weighted by molar-refractivity contribution is 0.0600. The molecule has 0 saturated carbocycles. The van der Waals surface area contributed by atoms with Crippen LogP contribution >= 0.6 is 15.9 Å². The quantitative estimate of drug-likeness (QED) is 0.351. The van der Waals surface area contributed by atoms with Crippen LogP contribution in [0.1, 0.15) is 34.1 Å². The van der Waals surface area contributed by atoms with Gasteiger partial charge in [-0.05, 0) is 31.5 Å². The first-order chi connectivity index (χ1) is 8.58. The van der Waals surface area contributed by atoms with E-state index in [1.54, 1.807) is 12.1 Å². The predicted molar refractivity (Wildman–Crippen MR) is 71.7 cm³/mol. The number of methoxy groups -OCH3 is 1. The Bertz CT molecular complexity index is 443. The maximum Gasteiger partial charge on any atom is 0.338 e. The molecule has 0 heterocycles. The lowest BCUT2D eigenvalue weighted by Crippen LogP contribution is -2.06. The van der Waals surface area contributed by atoms with Gasteiger partial charge in [-0.2, -0.15) is 0 Å². The van der Waals surface area contributed by atoms with E-state index < -0.39 is 5.97 Å². The molecule has 0 aliphatic heterocycles. The van der Waals surface area contributed by atoms with Gasteiger partial charge in [-0.15, -0.1) is 0 Å². The molecule has 0 fully saturated rings. The molecule has 0 radical (unpaired) electrons. The van der Waals surface area contributed by atoms with E-state index in [4.69, 9.17) is 4.74 Å². The molecule has 98 valence electrons. The van der Waals surface area contributed by atoms with Crippen molar-refractivity contribution in [1.82, 2.24) is 0 Å². The highest BCUT2D eigenvalue weighted by molar-refractivity contribution is 9.09. The van der Waals surface area contributed by atoms with Gasteiger partial charge in [-0.3, -0.25) is 4.79 Å². The van der Waals surface area contributed by atoms with E-state index in [9.17, 15) is 9.59 Å². The summed E-state index contributed by atoms with van der Waals surface area (Å²) >= 11 is 3.30. The van der Waals surface area contributed by atoms with Gasteiger partial charge in [-0.25, -0.2) is 4.79 Å². The van der Waals surface area contributed by atoms with Gasteiger partial charge in [-0.1, -0.05) is 15.9 Å². The molecule has 0 saturated heterocycles. The van der Waals surface area contributed by atoms with Gasteiger partial charge in [0.1, 0.15) is 5.75 Å². The van der Waals surface area contributed by atoms with Gasteiger partial charge < -0.3 is 9.47 Å². The third kappa shape index (κ3) is 4.14. The Morgan fingerprint density at radius 3 is 2.44 bits per heavy atom. The lowest BCUT2D eigenvalue weighted by atomic mass is 10.1. The minimum atomic E-state index is -0.483. The van der Waals surface area contributed by atoms with Gasteiger partial charge in [0.2, 0.25) is 0 Å². The highest BCUT2D eigenvalue weighted by Gasteiger charge is 2.11. The number of ether oxygens (including phenoxy) is 2. The molecule has 1 rings (SSSR count). The van der Waals surface area contributed by atoms with Crippen molar-refractivity contribution in [2.24, 2.45) is 0 Å². The summed E-state index contributed by atoms with van der Waals surface area (Å²) in [5, 5.41) is 0.837. The standard InChI is InChI=1S/C13H15BrO4/c1-9(15)10-6-11(13(16)17-2)8-12(7-10)18-5-3-4-14/h6-8H,3-5H2,1-2H3. The first kappa shape index (κ1) is 14.7. The lowest BCUT2D eigenvalue weighted by Gasteiger charge is -2.08. The number of hydrogen-bond acceptors (Lipinski definition) is 4. The number of benzene rings is 1. The molecule has 0 bridgehead atoms. The van der Waals surface area contributed by atoms with Crippen LogP contribution < -0.4 is 4.74 Å². The fourth-order valence-electron chi connectivity index (χ4n) is 1.37. The zero-order chi connectivity index (χ0) is 13.5. The number of halogens is 1. The number of hydrogen-bond donors (Lipinski definition) is 0. The second-order valence-electron chi connectivity index (χ2n) is 3.68. The maximum absolute atomic E-state index is 11.5. The number of rotatable bonds is 6. The zero-order valence-electron chi connectivity index (χ0n) is 10.4. The number of ketones is 1. The Morgan fingerprint density at radius 2 is 1.89 bits per heavy atom. The summed E-state index contributed by atoms with van der Waals surface area (Å²) in [6.45, 7) is 1.96. The Balaban J connectivity index is 2.98. The van der Waals surface area contributed by atoms with Crippen LogP contribution in [0.5, 0.6) is 5.75 Å². The van der Waals surface area contributed by atoms with Gasteiger partial charge in [0.05, 0.1) is 19.3 Å². The molecule has 0 amide bonds. The summed E-state index contributed by atoms with van der Waals surface area (Å²) in [5.74, 6) is -0.0985. The summed E-state index contributed by atoms with van der Waals surface area (Å²) in [6, 6.07) is 4.71. The molecule has 0 aliphatic carbocycles. The second kappa shape index (κ2) is 7.16. The summed E-state index contributed by atoms with van der Waals surface area (Å²) in [7, 11) is 1.30. The van der Waals surface area contributed by atoms with Crippen molar-refractivity contribution >= 4 is 27.7 Å². The molecule has 5 heteroatoms. The first-order valence-corrected chi connectivity index (χ1v) is 6.63. The van der Waals surface area contributed by atoms with Gasteiger partial charge in [0, 0.05) is 10.9 Å². The molecule has 0 aromatic heterocycles. The maximum atomic E-state index is 11.5. The number of Topliss-reactive ketones (excluding diaryl/α,β-unsaturated/α-hetero) is 1. The Kier molecular flexibility index (Phi) is 5.85. The highest BCUT2D eigenvalue weighted by Crippen LogP contribution is 2.19. The molecule has 0 atom stereocenters. The third-order valence-electron chi connectivity index (χ3n) is 2.28. The highest BCUT2D eigenvalue weighted by atomic mass is 79.9. The smallest absolute Gasteiger partial charge is 0.338 e. The minimum Gasteiger partial charge on any atom is -0.494 e. The van der Waals surface area contributed by atoms with Gasteiger partial charge >= 0.3 is 5.97 Å². The Hall–Kier alpha value is -1.36. The van der Waals surface area contributed by atoms with E-state index in [1.807, 2.05) is 0 Å². The average Bonchev–Trinajstić information content (AvgIpc) is 2.37. The minimum absolute atomic E-state index is 0.119. The molecular weight excluding hydrogens is 300 g/mol. The van der Waals surface area contributed by atoms with E-state index in [-0.39, 0.29) is 5.78 Å². The summed E-state index contributed by atoms with van der Waals surface area (Å²) in [4.78, 5) is 22.8. The molecule has 18 heavy (non-hydrogen) atoms.